The number of halogens is 1. The molecule has 0 aliphatic heterocycles. The smallest absolute Gasteiger partial charge is 0.275 e. The highest BCUT2D eigenvalue weighted by molar-refractivity contribution is 6.31. The van der Waals surface area contributed by atoms with Crippen molar-refractivity contribution in [3.05, 3.63) is 73.5 Å². The first-order valence-electron chi connectivity index (χ1n) is 9.59. The molecule has 0 aliphatic carbocycles. The number of aromatic nitrogens is 2. The number of hydrogen-bond acceptors (Lipinski definition) is 5. The van der Waals surface area contributed by atoms with Gasteiger partial charge in [-0.05, 0) is 57.4 Å². The van der Waals surface area contributed by atoms with E-state index in [-0.39, 0.29) is 23.7 Å². The predicted molar refractivity (Wildman–Crippen MR) is 119 cm³/mol. The molecule has 1 heterocycles. The number of amides is 1. The van der Waals surface area contributed by atoms with E-state index in [1.807, 2.05) is 32.9 Å². The number of anilines is 1. The van der Waals surface area contributed by atoms with Crippen LogP contribution in [0.2, 0.25) is 5.02 Å². The van der Waals surface area contributed by atoms with E-state index in [1.54, 1.807) is 19.9 Å². The van der Waals surface area contributed by atoms with Crippen LogP contribution in [0.15, 0.2) is 30.3 Å². The average Bonchev–Trinajstić information content (AvgIpc) is 2.92. The molecule has 1 N–H and O–H groups in total. The quantitative estimate of drug-likeness (QED) is 0.406. The molecule has 9 heteroatoms. The molecule has 3 rings (SSSR count). The van der Waals surface area contributed by atoms with Gasteiger partial charge in [0.1, 0.15) is 18.0 Å². The number of nitro benzene ring substituents is 1. The fourth-order valence-electron chi connectivity index (χ4n) is 3.22. The molecule has 0 spiro atoms. The third kappa shape index (κ3) is 5.03. The number of carbonyl (C=O) groups excluding carboxylic acids is 1. The van der Waals surface area contributed by atoms with E-state index in [4.69, 9.17) is 16.3 Å². The Kier molecular flexibility index (Phi) is 6.31. The summed E-state index contributed by atoms with van der Waals surface area (Å²) in [7, 11) is 0. The summed E-state index contributed by atoms with van der Waals surface area (Å²) < 4.78 is 7.44. The van der Waals surface area contributed by atoms with Gasteiger partial charge in [-0.25, -0.2) is 0 Å². The fourth-order valence-corrected chi connectivity index (χ4v) is 3.35. The number of non-ortho nitro benzene ring substituents is 1. The zero-order chi connectivity index (χ0) is 22.9. The van der Waals surface area contributed by atoms with Crippen LogP contribution >= 0.6 is 11.6 Å². The summed E-state index contributed by atoms with van der Waals surface area (Å²) in [5.41, 5.74) is 4.36. The zero-order valence-corrected chi connectivity index (χ0v) is 18.7. The van der Waals surface area contributed by atoms with Crippen molar-refractivity contribution in [3.8, 4) is 11.5 Å². The van der Waals surface area contributed by atoms with Crippen molar-refractivity contribution in [2.45, 2.75) is 41.2 Å². The lowest BCUT2D eigenvalue weighted by Gasteiger charge is -2.13. The molecule has 0 unspecified atom stereocenters. The lowest BCUT2D eigenvalue weighted by Crippen LogP contribution is -2.20. The molecule has 2 aromatic carbocycles. The van der Waals surface area contributed by atoms with Crippen molar-refractivity contribution in [1.29, 1.82) is 0 Å². The van der Waals surface area contributed by atoms with Gasteiger partial charge in [-0.2, -0.15) is 5.10 Å². The Labute approximate surface area is 184 Å². The lowest BCUT2D eigenvalue weighted by molar-refractivity contribution is -0.384. The molecular weight excluding hydrogens is 420 g/mol. The molecule has 0 aliphatic rings. The van der Waals surface area contributed by atoms with Crippen LogP contribution in [0.4, 0.5) is 11.4 Å². The Morgan fingerprint density at radius 2 is 1.87 bits per heavy atom. The Balaban J connectivity index is 1.87. The van der Waals surface area contributed by atoms with Gasteiger partial charge < -0.3 is 10.1 Å². The van der Waals surface area contributed by atoms with Gasteiger partial charge in [0, 0.05) is 12.1 Å². The van der Waals surface area contributed by atoms with Gasteiger partial charge in [-0.15, -0.1) is 0 Å². The summed E-state index contributed by atoms with van der Waals surface area (Å²) in [5.74, 6) is 0.468. The van der Waals surface area contributed by atoms with Crippen LogP contribution in [-0.2, 0) is 11.3 Å². The molecule has 0 atom stereocenters. The Morgan fingerprint density at radius 3 is 2.48 bits per heavy atom. The van der Waals surface area contributed by atoms with Crippen LogP contribution in [0, 0.1) is 44.7 Å². The van der Waals surface area contributed by atoms with Gasteiger partial charge in [0.2, 0.25) is 5.91 Å². The zero-order valence-electron chi connectivity index (χ0n) is 17.9. The van der Waals surface area contributed by atoms with Gasteiger partial charge in [0.25, 0.3) is 5.69 Å². The number of nitro groups is 1. The van der Waals surface area contributed by atoms with Gasteiger partial charge in [0.05, 0.1) is 33.1 Å². The molecule has 0 fully saturated rings. The topological polar surface area (TPSA) is 99.3 Å². The Hall–Kier alpha value is -3.39. The van der Waals surface area contributed by atoms with Gasteiger partial charge in [0.15, 0.2) is 0 Å². The molecule has 0 bridgehead atoms. The summed E-state index contributed by atoms with van der Waals surface area (Å²) in [4.78, 5) is 23.4. The largest absolute Gasteiger partial charge is 0.457 e. The van der Waals surface area contributed by atoms with Crippen LogP contribution in [0.3, 0.4) is 0 Å². The van der Waals surface area contributed by atoms with Crippen LogP contribution in [0.1, 0.15) is 28.1 Å². The van der Waals surface area contributed by atoms with Crippen molar-refractivity contribution in [2.75, 3.05) is 5.32 Å². The van der Waals surface area contributed by atoms with Gasteiger partial charge in [-0.3, -0.25) is 19.6 Å². The minimum absolute atomic E-state index is 0.0749. The maximum atomic E-state index is 12.5. The van der Waals surface area contributed by atoms with Crippen LogP contribution < -0.4 is 10.1 Å². The van der Waals surface area contributed by atoms with E-state index >= 15 is 0 Å². The minimum atomic E-state index is -0.530. The number of aryl methyl sites for hydroxylation is 3. The predicted octanol–water partition coefficient (Wildman–Crippen LogP) is 5.42. The van der Waals surface area contributed by atoms with E-state index in [1.165, 1.54) is 16.8 Å². The molecule has 31 heavy (non-hydrogen) atoms. The second kappa shape index (κ2) is 8.77. The number of rotatable bonds is 6. The van der Waals surface area contributed by atoms with Crippen LogP contribution in [0.25, 0.3) is 0 Å². The first-order chi connectivity index (χ1) is 14.5. The molecule has 8 nitrogen and oxygen atoms in total. The van der Waals surface area contributed by atoms with E-state index in [0.29, 0.717) is 22.2 Å². The molecular formula is C22H23ClN4O4. The molecule has 1 amide bonds. The summed E-state index contributed by atoms with van der Waals surface area (Å²) in [6.45, 7) is 9.28. The van der Waals surface area contributed by atoms with Crippen molar-refractivity contribution in [2.24, 2.45) is 0 Å². The summed E-state index contributed by atoms with van der Waals surface area (Å²) >= 11 is 6.12. The third-order valence-corrected chi connectivity index (χ3v) is 5.51. The Bertz CT molecular complexity index is 1190. The number of carbonyl (C=O) groups is 1. The first kappa shape index (κ1) is 22.3. The standard InChI is InChI=1S/C22H23ClN4O4/c1-12-6-13(2)14(3)20(7-12)31-19-9-17(8-18(10-19)27(29)30)24-21(28)11-26-16(5)22(23)15(4)25-26/h6-10H,11H2,1-5H3,(H,24,28). The SMILES string of the molecule is Cc1cc(C)c(C)c(Oc2cc(NC(=O)Cn3nc(C)c(Cl)c3C)cc([N+](=O)[O-])c2)c1. The monoisotopic (exact) mass is 442 g/mol. The number of ether oxygens (including phenoxy) is 1. The molecule has 162 valence electrons. The van der Waals surface area contributed by atoms with Crippen LogP contribution in [-0.4, -0.2) is 20.6 Å². The second-order valence-electron chi connectivity index (χ2n) is 7.47. The number of hydrogen-bond donors (Lipinski definition) is 1. The van der Waals surface area contributed by atoms with E-state index in [0.717, 1.165) is 16.7 Å². The summed E-state index contributed by atoms with van der Waals surface area (Å²) in [6, 6.07) is 8.07. The maximum Gasteiger partial charge on any atom is 0.275 e. The lowest BCUT2D eigenvalue weighted by atomic mass is 10.1. The normalized spacial score (nSPS) is 10.8. The van der Waals surface area contributed by atoms with Crippen molar-refractivity contribution < 1.29 is 14.5 Å². The Morgan fingerprint density at radius 1 is 1.16 bits per heavy atom. The molecule has 1 aromatic heterocycles. The molecule has 0 radical (unpaired) electrons. The van der Waals surface area contributed by atoms with E-state index < -0.39 is 10.8 Å². The molecule has 0 saturated carbocycles. The third-order valence-electron chi connectivity index (χ3n) is 4.96. The van der Waals surface area contributed by atoms with Crippen LogP contribution in [0.5, 0.6) is 11.5 Å². The van der Waals surface area contributed by atoms with Gasteiger partial charge >= 0.3 is 0 Å². The maximum absolute atomic E-state index is 12.5. The van der Waals surface area contributed by atoms with Crippen molar-refractivity contribution in [1.82, 2.24) is 9.78 Å². The number of benzene rings is 2. The van der Waals surface area contributed by atoms with E-state index in [9.17, 15) is 14.9 Å². The van der Waals surface area contributed by atoms with Crippen molar-refractivity contribution in [3.63, 3.8) is 0 Å². The first-order valence-corrected chi connectivity index (χ1v) is 9.97. The van der Waals surface area contributed by atoms with Crippen molar-refractivity contribution >= 4 is 28.9 Å². The highest BCUT2D eigenvalue weighted by Crippen LogP contribution is 2.33. The fraction of sp³-hybridized carbons (Fsp3) is 0.273. The highest BCUT2D eigenvalue weighted by Gasteiger charge is 2.16. The average molecular weight is 443 g/mol. The molecule has 0 saturated heterocycles. The number of nitrogens with zero attached hydrogens (tertiary/aromatic N) is 3. The number of nitrogens with one attached hydrogen (secondary N) is 1. The summed E-state index contributed by atoms with van der Waals surface area (Å²) in [6.07, 6.45) is 0. The molecule has 3 aromatic rings. The summed E-state index contributed by atoms with van der Waals surface area (Å²) in [5, 5.41) is 18.8. The highest BCUT2D eigenvalue weighted by atomic mass is 35.5. The second-order valence-corrected chi connectivity index (χ2v) is 7.85. The van der Waals surface area contributed by atoms with Gasteiger partial charge in [-0.1, -0.05) is 17.7 Å². The minimum Gasteiger partial charge on any atom is -0.457 e. The van der Waals surface area contributed by atoms with E-state index in [2.05, 4.69) is 10.4 Å².